The van der Waals surface area contributed by atoms with Gasteiger partial charge in [0, 0.05) is 18.8 Å². The molecule has 0 unspecified atom stereocenters. The number of pyridine rings is 1. The van der Waals surface area contributed by atoms with Crippen molar-refractivity contribution in [1.82, 2.24) is 15.0 Å². The van der Waals surface area contributed by atoms with Crippen molar-refractivity contribution in [3.05, 3.63) is 23.0 Å². The fourth-order valence-electron chi connectivity index (χ4n) is 3.08. The second-order valence-electron chi connectivity index (χ2n) is 6.60. The number of amides is 1. The Morgan fingerprint density at radius 3 is 2.58 bits per heavy atom. The molecule has 0 spiro atoms. The first-order chi connectivity index (χ1) is 11.4. The number of aliphatic carboxylic acids is 1. The number of likely N-dealkylation sites (tertiary alicyclic amines) is 1. The van der Waals surface area contributed by atoms with Crippen molar-refractivity contribution in [2.75, 3.05) is 13.1 Å². The molecule has 1 N–H and O–H groups in total. The summed E-state index contributed by atoms with van der Waals surface area (Å²) in [6.07, 6.45) is 0.962. The Balaban J connectivity index is 1.95. The number of carboxylic acids is 1. The largest absolute Gasteiger partial charge is 0.481 e. The van der Waals surface area contributed by atoms with Gasteiger partial charge >= 0.3 is 5.97 Å². The SMILES string of the molecule is Cc1noc2nc(C(C)C)cc(C(=O)N3CCC(C(=O)O)CC3)c12. The molecule has 0 aliphatic carbocycles. The molecule has 2 aromatic heterocycles. The van der Waals surface area contributed by atoms with E-state index in [-0.39, 0.29) is 17.7 Å². The van der Waals surface area contributed by atoms with Crippen molar-refractivity contribution in [1.29, 1.82) is 0 Å². The maximum Gasteiger partial charge on any atom is 0.306 e. The zero-order chi connectivity index (χ0) is 17.4. The van der Waals surface area contributed by atoms with E-state index in [4.69, 9.17) is 9.63 Å². The lowest BCUT2D eigenvalue weighted by atomic mass is 9.96. The minimum Gasteiger partial charge on any atom is -0.481 e. The summed E-state index contributed by atoms with van der Waals surface area (Å²) in [6.45, 7) is 6.69. The number of nitrogens with zero attached hydrogens (tertiary/aromatic N) is 3. The van der Waals surface area contributed by atoms with Gasteiger partial charge in [0.15, 0.2) is 0 Å². The highest BCUT2D eigenvalue weighted by atomic mass is 16.5. The third-order valence-electron chi connectivity index (χ3n) is 4.59. The second-order valence-corrected chi connectivity index (χ2v) is 6.60. The topological polar surface area (TPSA) is 96.5 Å². The van der Waals surface area contributed by atoms with Crippen LogP contribution in [0.2, 0.25) is 0 Å². The third kappa shape index (κ3) is 2.86. The molecule has 128 valence electrons. The molecule has 0 bridgehead atoms. The van der Waals surface area contributed by atoms with Gasteiger partial charge < -0.3 is 14.5 Å². The summed E-state index contributed by atoms with van der Waals surface area (Å²) in [5.74, 6) is -1.11. The van der Waals surface area contributed by atoms with Gasteiger partial charge in [-0.2, -0.15) is 0 Å². The van der Waals surface area contributed by atoms with Crippen LogP contribution in [0.25, 0.3) is 11.1 Å². The average molecular weight is 331 g/mol. The molecule has 0 radical (unpaired) electrons. The minimum absolute atomic E-state index is 0.112. The Kier molecular flexibility index (Phi) is 4.26. The summed E-state index contributed by atoms with van der Waals surface area (Å²) in [5, 5.41) is 13.7. The summed E-state index contributed by atoms with van der Waals surface area (Å²) < 4.78 is 5.26. The molecule has 3 rings (SSSR count). The molecule has 1 aliphatic heterocycles. The number of rotatable bonds is 3. The summed E-state index contributed by atoms with van der Waals surface area (Å²) in [6, 6.07) is 1.81. The highest BCUT2D eigenvalue weighted by molar-refractivity contribution is 6.06. The summed E-state index contributed by atoms with van der Waals surface area (Å²) in [7, 11) is 0. The Labute approximate surface area is 139 Å². The van der Waals surface area contributed by atoms with Crippen molar-refractivity contribution in [2.24, 2.45) is 5.92 Å². The van der Waals surface area contributed by atoms with Gasteiger partial charge in [0.25, 0.3) is 11.6 Å². The molecule has 0 saturated carbocycles. The highest BCUT2D eigenvalue weighted by Crippen LogP contribution is 2.27. The predicted molar refractivity (Wildman–Crippen MR) is 86.9 cm³/mol. The van der Waals surface area contributed by atoms with Crippen LogP contribution in [-0.4, -0.2) is 45.1 Å². The lowest BCUT2D eigenvalue weighted by Crippen LogP contribution is -2.40. The maximum absolute atomic E-state index is 13.0. The standard InChI is InChI=1S/C17H21N3O4/c1-9(2)13-8-12(14-10(3)19-24-15(14)18-13)16(21)20-6-4-11(5-7-20)17(22)23/h8-9,11H,4-7H2,1-3H3,(H,22,23). The molecule has 0 atom stereocenters. The van der Waals surface area contributed by atoms with Crippen molar-refractivity contribution in [3.63, 3.8) is 0 Å². The van der Waals surface area contributed by atoms with Gasteiger partial charge in [0.2, 0.25) is 0 Å². The zero-order valence-corrected chi connectivity index (χ0v) is 14.1. The lowest BCUT2D eigenvalue weighted by Gasteiger charge is -2.30. The van der Waals surface area contributed by atoms with Crippen LogP contribution in [-0.2, 0) is 4.79 Å². The van der Waals surface area contributed by atoms with E-state index in [2.05, 4.69) is 10.1 Å². The van der Waals surface area contributed by atoms with Crippen LogP contribution in [0.1, 0.15) is 54.4 Å². The van der Waals surface area contributed by atoms with Crippen molar-refractivity contribution >= 4 is 23.0 Å². The van der Waals surface area contributed by atoms with E-state index in [1.807, 2.05) is 19.9 Å². The van der Waals surface area contributed by atoms with E-state index in [1.54, 1.807) is 11.8 Å². The molecule has 24 heavy (non-hydrogen) atoms. The van der Waals surface area contributed by atoms with Crippen LogP contribution in [0.3, 0.4) is 0 Å². The maximum atomic E-state index is 13.0. The zero-order valence-electron chi connectivity index (χ0n) is 14.1. The molecule has 7 nitrogen and oxygen atoms in total. The number of fused-ring (bicyclic) bond motifs is 1. The lowest BCUT2D eigenvalue weighted by molar-refractivity contribution is -0.143. The van der Waals surface area contributed by atoms with Crippen LogP contribution < -0.4 is 0 Å². The fraction of sp³-hybridized carbons (Fsp3) is 0.529. The number of aryl methyl sites for hydroxylation is 1. The fourth-order valence-corrected chi connectivity index (χ4v) is 3.08. The second kappa shape index (κ2) is 6.22. The Hall–Kier alpha value is -2.44. The first kappa shape index (κ1) is 16.4. The molecule has 1 aliphatic rings. The predicted octanol–water partition coefficient (Wildman–Crippen LogP) is 2.59. The van der Waals surface area contributed by atoms with Crippen molar-refractivity contribution < 1.29 is 19.2 Å². The highest BCUT2D eigenvalue weighted by Gasteiger charge is 2.29. The van der Waals surface area contributed by atoms with Crippen LogP contribution in [0.15, 0.2) is 10.6 Å². The van der Waals surface area contributed by atoms with Crippen molar-refractivity contribution in [2.45, 2.75) is 39.5 Å². The monoisotopic (exact) mass is 331 g/mol. The number of piperidine rings is 1. The molecule has 3 heterocycles. The van der Waals surface area contributed by atoms with E-state index in [1.165, 1.54) is 0 Å². The molecule has 2 aromatic rings. The Morgan fingerprint density at radius 1 is 1.33 bits per heavy atom. The molecular formula is C17H21N3O4. The van der Waals surface area contributed by atoms with Gasteiger partial charge in [-0.1, -0.05) is 19.0 Å². The third-order valence-corrected chi connectivity index (χ3v) is 4.59. The van der Waals surface area contributed by atoms with E-state index in [9.17, 15) is 9.59 Å². The number of hydrogen-bond donors (Lipinski definition) is 1. The van der Waals surface area contributed by atoms with E-state index >= 15 is 0 Å². The molecule has 7 heteroatoms. The Bertz CT molecular complexity index is 788. The molecule has 0 aromatic carbocycles. The van der Waals surface area contributed by atoms with Crippen LogP contribution in [0.4, 0.5) is 0 Å². The summed E-state index contributed by atoms with van der Waals surface area (Å²) >= 11 is 0. The molecule has 1 fully saturated rings. The number of hydrogen-bond acceptors (Lipinski definition) is 5. The smallest absolute Gasteiger partial charge is 0.306 e. The normalized spacial score (nSPS) is 16.1. The number of aromatic nitrogens is 2. The van der Waals surface area contributed by atoms with Crippen LogP contribution in [0.5, 0.6) is 0 Å². The molecule has 1 amide bonds. The van der Waals surface area contributed by atoms with Gasteiger partial charge in [-0.3, -0.25) is 9.59 Å². The summed E-state index contributed by atoms with van der Waals surface area (Å²) in [5.41, 5.74) is 2.33. The van der Waals surface area contributed by atoms with Gasteiger partial charge in [0.05, 0.1) is 22.6 Å². The van der Waals surface area contributed by atoms with Gasteiger partial charge in [-0.15, -0.1) is 0 Å². The van der Waals surface area contributed by atoms with Crippen molar-refractivity contribution in [3.8, 4) is 0 Å². The van der Waals surface area contributed by atoms with E-state index in [0.29, 0.717) is 48.3 Å². The number of carbonyl (C=O) groups is 2. The van der Waals surface area contributed by atoms with Gasteiger partial charge in [0.1, 0.15) is 0 Å². The molecular weight excluding hydrogens is 310 g/mol. The number of carbonyl (C=O) groups excluding carboxylic acids is 1. The molecule has 1 saturated heterocycles. The average Bonchev–Trinajstić information content (AvgIpc) is 2.94. The van der Waals surface area contributed by atoms with Crippen LogP contribution >= 0.6 is 0 Å². The van der Waals surface area contributed by atoms with Crippen LogP contribution in [0, 0.1) is 12.8 Å². The Morgan fingerprint density at radius 2 is 2.00 bits per heavy atom. The van der Waals surface area contributed by atoms with Gasteiger partial charge in [-0.25, -0.2) is 4.98 Å². The first-order valence-corrected chi connectivity index (χ1v) is 8.17. The number of carboxylic acid groups (broad SMARTS) is 1. The van der Waals surface area contributed by atoms with E-state index < -0.39 is 5.97 Å². The quantitative estimate of drug-likeness (QED) is 0.928. The minimum atomic E-state index is -0.787. The van der Waals surface area contributed by atoms with Gasteiger partial charge in [-0.05, 0) is 31.7 Å². The summed E-state index contributed by atoms with van der Waals surface area (Å²) in [4.78, 5) is 30.2. The van der Waals surface area contributed by atoms with E-state index in [0.717, 1.165) is 5.69 Å². The first-order valence-electron chi connectivity index (χ1n) is 8.17.